The first kappa shape index (κ1) is 12.9. The van der Waals surface area contributed by atoms with Crippen molar-refractivity contribution >= 4 is 5.97 Å². The molecule has 0 spiro atoms. The molecule has 1 aliphatic rings. The maximum Gasteiger partial charge on any atom is 0.314 e. The SMILES string of the molecule is COC(=O)C(CNC1CCC1)c1cccc(O)c1. The number of carbonyl (C=O) groups is 1. The molecule has 0 heterocycles. The molecule has 0 bridgehead atoms. The number of methoxy groups -OCH3 is 1. The first-order valence-electron chi connectivity index (χ1n) is 6.31. The monoisotopic (exact) mass is 249 g/mol. The third kappa shape index (κ3) is 3.01. The molecule has 1 saturated carbocycles. The average Bonchev–Trinajstić information content (AvgIpc) is 2.31. The topological polar surface area (TPSA) is 58.6 Å². The summed E-state index contributed by atoms with van der Waals surface area (Å²) in [4.78, 5) is 11.8. The molecule has 1 aromatic rings. The van der Waals surface area contributed by atoms with E-state index in [4.69, 9.17) is 4.74 Å². The molecule has 1 aromatic carbocycles. The van der Waals surface area contributed by atoms with E-state index in [1.807, 2.05) is 6.07 Å². The van der Waals surface area contributed by atoms with Gasteiger partial charge in [-0.3, -0.25) is 4.79 Å². The molecule has 0 aromatic heterocycles. The van der Waals surface area contributed by atoms with Gasteiger partial charge in [-0.1, -0.05) is 18.6 Å². The molecule has 0 aliphatic heterocycles. The summed E-state index contributed by atoms with van der Waals surface area (Å²) in [6.45, 7) is 0.556. The number of rotatable bonds is 5. The molecule has 98 valence electrons. The lowest BCUT2D eigenvalue weighted by Gasteiger charge is -2.28. The summed E-state index contributed by atoms with van der Waals surface area (Å²) in [5, 5.41) is 12.8. The van der Waals surface area contributed by atoms with Gasteiger partial charge < -0.3 is 15.2 Å². The molecule has 2 rings (SSSR count). The van der Waals surface area contributed by atoms with Crippen molar-refractivity contribution in [3.63, 3.8) is 0 Å². The van der Waals surface area contributed by atoms with E-state index in [2.05, 4.69) is 5.32 Å². The third-order valence-electron chi connectivity index (χ3n) is 3.47. The second-order valence-corrected chi connectivity index (χ2v) is 4.71. The van der Waals surface area contributed by atoms with Crippen molar-refractivity contribution in [2.24, 2.45) is 0 Å². The van der Waals surface area contributed by atoms with Gasteiger partial charge in [0.15, 0.2) is 0 Å². The molecule has 1 fully saturated rings. The number of carbonyl (C=O) groups excluding carboxylic acids is 1. The number of hydrogen-bond donors (Lipinski definition) is 2. The van der Waals surface area contributed by atoms with Crippen LogP contribution in [0.25, 0.3) is 0 Å². The number of benzene rings is 1. The van der Waals surface area contributed by atoms with E-state index in [0.717, 1.165) is 5.56 Å². The Morgan fingerprint density at radius 1 is 1.56 bits per heavy atom. The lowest BCUT2D eigenvalue weighted by molar-refractivity contribution is -0.142. The number of ether oxygens (including phenoxy) is 1. The summed E-state index contributed by atoms with van der Waals surface area (Å²) in [7, 11) is 1.39. The summed E-state index contributed by atoms with van der Waals surface area (Å²) in [6.07, 6.45) is 3.61. The van der Waals surface area contributed by atoms with Gasteiger partial charge in [0.05, 0.1) is 13.0 Å². The van der Waals surface area contributed by atoms with Crippen molar-refractivity contribution in [3.05, 3.63) is 29.8 Å². The molecule has 0 saturated heterocycles. The van der Waals surface area contributed by atoms with Gasteiger partial charge in [-0.2, -0.15) is 0 Å². The molecule has 2 N–H and O–H groups in total. The van der Waals surface area contributed by atoms with Gasteiger partial charge in [0, 0.05) is 12.6 Å². The van der Waals surface area contributed by atoms with Crippen LogP contribution in [0.15, 0.2) is 24.3 Å². The highest BCUT2D eigenvalue weighted by molar-refractivity contribution is 5.78. The van der Waals surface area contributed by atoms with Crippen LogP contribution in [-0.2, 0) is 9.53 Å². The Hall–Kier alpha value is -1.55. The normalized spacial score (nSPS) is 16.9. The van der Waals surface area contributed by atoms with E-state index in [-0.39, 0.29) is 17.6 Å². The molecule has 1 unspecified atom stereocenters. The molecule has 1 atom stereocenters. The summed E-state index contributed by atoms with van der Waals surface area (Å²) < 4.78 is 4.83. The second kappa shape index (κ2) is 5.87. The first-order valence-corrected chi connectivity index (χ1v) is 6.31. The van der Waals surface area contributed by atoms with Gasteiger partial charge in [0.1, 0.15) is 5.75 Å². The van der Waals surface area contributed by atoms with Crippen molar-refractivity contribution in [1.82, 2.24) is 5.32 Å². The third-order valence-corrected chi connectivity index (χ3v) is 3.47. The van der Waals surface area contributed by atoms with Gasteiger partial charge in [-0.25, -0.2) is 0 Å². The van der Waals surface area contributed by atoms with E-state index < -0.39 is 0 Å². The highest BCUT2D eigenvalue weighted by Gasteiger charge is 2.24. The Kier molecular flexibility index (Phi) is 4.20. The molecule has 18 heavy (non-hydrogen) atoms. The smallest absolute Gasteiger partial charge is 0.314 e. The lowest BCUT2D eigenvalue weighted by atomic mass is 9.91. The van der Waals surface area contributed by atoms with Crippen molar-refractivity contribution in [2.75, 3.05) is 13.7 Å². The number of phenolic OH excluding ortho intramolecular Hbond substituents is 1. The molecule has 4 nitrogen and oxygen atoms in total. The fourth-order valence-electron chi connectivity index (χ4n) is 2.12. The predicted octanol–water partition coefficient (Wildman–Crippen LogP) is 1.79. The summed E-state index contributed by atoms with van der Waals surface area (Å²) in [5.74, 6) is -0.458. The Bertz CT molecular complexity index is 415. The number of hydrogen-bond acceptors (Lipinski definition) is 4. The van der Waals surface area contributed by atoms with Crippen LogP contribution in [-0.4, -0.2) is 30.8 Å². The van der Waals surface area contributed by atoms with Gasteiger partial charge in [0.25, 0.3) is 0 Å². The van der Waals surface area contributed by atoms with Crippen LogP contribution < -0.4 is 5.32 Å². The molecule has 0 amide bonds. The summed E-state index contributed by atoms with van der Waals surface area (Å²) in [6, 6.07) is 7.31. The molecule has 0 radical (unpaired) electrons. The molecule has 4 heteroatoms. The zero-order valence-corrected chi connectivity index (χ0v) is 10.6. The largest absolute Gasteiger partial charge is 0.508 e. The van der Waals surface area contributed by atoms with Crippen LogP contribution in [0.4, 0.5) is 0 Å². The Morgan fingerprint density at radius 2 is 2.33 bits per heavy atom. The van der Waals surface area contributed by atoms with Gasteiger partial charge >= 0.3 is 5.97 Å². The average molecular weight is 249 g/mol. The van der Waals surface area contributed by atoms with E-state index in [9.17, 15) is 9.90 Å². The van der Waals surface area contributed by atoms with Crippen molar-refractivity contribution < 1.29 is 14.6 Å². The number of phenols is 1. The van der Waals surface area contributed by atoms with Crippen LogP contribution in [0.2, 0.25) is 0 Å². The molecular weight excluding hydrogens is 230 g/mol. The number of esters is 1. The lowest BCUT2D eigenvalue weighted by Crippen LogP contribution is -2.39. The minimum Gasteiger partial charge on any atom is -0.508 e. The summed E-state index contributed by atoms with van der Waals surface area (Å²) in [5.41, 5.74) is 0.786. The second-order valence-electron chi connectivity index (χ2n) is 4.71. The standard InChI is InChI=1S/C14H19NO3/c1-18-14(17)13(9-15-11-5-3-6-11)10-4-2-7-12(16)8-10/h2,4,7-8,11,13,15-16H,3,5-6,9H2,1H3. The maximum atomic E-state index is 11.8. The van der Waals surface area contributed by atoms with Crippen molar-refractivity contribution in [3.8, 4) is 5.75 Å². The predicted molar refractivity (Wildman–Crippen MR) is 68.5 cm³/mol. The van der Waals surface area contributed by atoms with Gasteiger partial charge in [-0.05, 0) is 30.5 Å². The van der Waals surface area contributed by atoms with E-state index >= 15 is 0 Å². The van der Waals surface area contributed by atoms with Crippen molar-refractivity contribution in [2.45, 2.75) is 31.2 Å². The Morgan fingerprint density at radius 3 is 2.89 bits per heavy atom. The fourth-order valence-corrected chi connectivity index (χ4v) is 2.12. The zero-order valence-electron chi connectivity index (χ0n) is 10.6. The van der Waals surface area contributed by atoms with Crippen LogP contribution in [0.1, 0.15) is 30.7 Å². The Labute approximate surface area is 107 Å². The van der Waals surface area contributed by atoms with Gasteiger partial charge in [0.2, 0.25) is 0 Å². The summed E-state index contributed by atoms with van der Waals surface area (Å²) >= 11 is 0. The minimum absolute atomic E-state index is 0.171. The molecular formula is C14H19NO3. The van der Waals surface area contributed by atoms with Crippen LogP contribution in [0.3, 0.4) is 0 Å². The zero-order chi connectivity index (χ0) is 13.0. The highest BCUT2D eigenvalue weighted by atomic mass is 16.5. The number of aromatic hydroxyl groups is 1. The maximum absolute atomic E-state index is 11.8. The quantitative estimate of drug-likeness (QED) is 0.781. The van der Waals surface area contributed by atoms with Crippen LogP contribution in [0, 0.1) is 0 Å². The van der Waals surface area contributed by atoms with Crippen LogP contribution in [0.5, 0.6) is 5.75 Å². The Balaban J connectivity index is 2.05. The van der Waals surface area contributed by atoms with E-state index in [1.165, 1.54) is 26.4 Å². The van der Waals surface area contributed by atoms with E-state index in [0.29, 0.717) is 12.6 Å². The fraction of sp³-hybridized carbons (Fsp3) is 0.500. The highest BCUT2D eigenvalue weighted by Crippen LogP contribution is 2.23. The van der Waals surface area contributed by atoms with Crippen LogP contribution >= 0.6 is 0 Å². The van der Waals surface area contributed by atoms with Gasteiger partial charge in [-0.15, -0.1) is 0 Å². The molecule has 1 aliphatic carbocycles. The van der Waals surface area contributed by atoms with E-state index in [1.54, 1.807) is 18.2 Å². The van der Waals surface area contributed by atoms with Crippen molar-refractivity contribution in [1.29, 1.82) is 0 Å². The number of nitrogens with one attached hydrogen (secondary N) is 1. The minimum atomic E-state index is -0.359. The first-order chi connectivity index (χ1) is 8.70.